The lowest BCUT2D eigenvalue weighted by atomic mass is 10.2. The van der Waals surface area contributed by atoms with Crippen molar-refractivity contribution in [1.82, 2.24) is 0 Å². The number of nitrogen functional groups attached to an aromatic ring is 1. The molecule has 0 unspecified atom stereocenters. The lowest BCUT2D eigenvalue weighted by molar-refractivity contribution is 0.324. The van der Waals surface area contributed by atoms with Crippen molar-refractivity contribution in [2.75, 3.05) is 30.8 Å². The third-order valence-electron chi connectivity index (χ3n) is 2.83. The van der Waals surface area contributed by atoms with Gasteiger partial charge in [0.1, 0.15) is 18.2 Å². The second kappa shape index (κ2) is 6.09. The van der Waals surface area contributed by atoms with Gasteiger partial charge in [-0.2, -0.15) is 0 Å². The number of hydrogen-bond acceptors (Lipinski definition) is 3. The van der Waals surface area contributed by atoms with Crippen LogP contribution < -0.4 is 15.4 Å². The normalized spacial score (nSPS) is 10.2. The third kappa shape index (κ3) is 3.88. The molecule has 0 aromatic heterocycles. The molecule has 3 nitrogen and oxygen atoms in total. The van der Waals surface area contributed by atoms with Gasteiger partial charge in [-0.05, 0) is 36.4 Å². The van der Waals surface area contributed by atoms with Crippen molar-refractivity contribution < 1.29 is 9.13 Å². The van der Waals surface area contributed by atoms with Crippen molar-refractivity contribution in [2.24, 2.45) is 0 Å². The maximum absolute atomic E-state index is 13.0. The molecule has 0 amide bonds. The maximum atomic E-state index is 13.0. The van der Waals surface area contributed by atoms with E-state index in [0.29, 0.717) is 18.9 Å². The average molecular weight is 260 g/mol. The zero-order valence-corrected chi connectivity index (χ0v) is 10.8. The summed E-state index contributed by atoms with van der Waals surface area (Å²) in [5, 5.41) is 0. The summed E-state index contributed by atoms with van der Waals surface area (Å²) in [7, 11) is 1.97. The van der Waals surface area contributed by atoms with Crippen molar-refractivity contribution in [3.63, 3.8) is 0 Å². The fraction of sp³-hybridized carbons (Fsp3) is 0.200. The highest BCUT2D eigenvalue weighted by molar-refractivity contribution is 5.52. The number of anilines is 2. The van der Waals surface area contributed by atoms with E-state index in [9.17, 15) is 4.39 Å². The minimum atomic E-state index is -0.288. The van der Waals surface area contributed by atoms with Gasteiger partial charge in [0.15, 0.2) is 0 Å². The van der Waals surface area contributed by atoms with Crippen molar-refractivity contribution >= 4 is 11.4 Å². The van der Waals surface area contributed by atoms with Crippen LogP contribution in [0.5, 0.6) is 5.75 Å². The average Bonchev–Trinajstić information content (AvgIpc) is 2.39. The molecule has 4 heteroatoms. The monoisotopic (exact) mass is 260 g/mol. The topological polar surface area (TPSA) is 38.5 Å². The highest BCUT2D eigenvalue weighted by Crippen LogP contribution is 2.15. The molecule has 0 bridgehead atoms. The Labute approximate surface area is 112 Å². The van der Waals surface area contributed by atoms with E-state index in [2.05, 4.69) is 4.90 Å². The van der Waals surface area contributed by atoms with Crippen LogP contribution in [0.4, 0.5) is 15.8 Å². The molecule has 19 heavy (non-hydrogen) atoms. The Kier molecular flexibility index (Phi) is 4.23. The summed E-state index contributed by atoms with van der Waals surface area (Å²) in [5.74, 6) is 0.259. The van der Waals surface area contributed by atoms with Crippen LogP contribution in [0, 0.1) is 5.82 Å². The summed E-state index contributed by atoms with van der Waals surface area (Å²) in [6, 6.07) is 13.8. The van der Waals surface area contributed by atoms with Gasteiger partial charge < -0.3 is 15.4 Å². The Bertz CT molecular complexity index is 528. The molecule has 0 saturated heterocycles. The smallest absolute Gasteiger partial charge is 0.126 e. The molecule has 0 aliphatic heterocycles. The second-order valence-corrected chi connectivity index (χ2v) is 4.32. The Hall–Kier alpha value is -2.23. The van der Waals surface area contributed by atoms with Crippen LogP contribution in [0.3, 0.4) is 0 Å². The first-order valence-electron chi connectivity index (χ1n) is 6.10. The Balaban J connectivity index is 1.84. The summed E-state index contributed by atoms with van der Waals surface area (Å²) >= 11 is 0. The molecule has 0 aliphatic rings. The van der Waals surface area contributed by atoms with Gasteiger partial charge in [0.05, 0.1) is 6.54 Å². The first kappa shape index (κ1) is 13.2. The fourth-order valence-corrected chi connectivity index (χ4v) is 1.72. The number of rotatable bonds is 5. The first-order chi connectivity index (χ1) is 9.15. The molecule has 0 fully saturated rings. The molecule has 0 spiro atoms. The van der Waals surface area contributed by atoms with E-state index in [1.54, 1.807) is 12.1 Å². The molecule has 2 aromatic carbocycles. The predicted molar refractivity (Wildman–Crippen MR) is 76.0 cm³/mol. The summed E-state index contributed by atoms with van der Waals surface area (Å²) in [6.07, 6.45) is 0. The molecule has 2 rings (SSSR count). The van der Waals surface area contributed by atoms with Gasteiger partial charge in [-0.1, -0.05) is 6.07 Å². The largest absolute Gasteiger partial charge is 0.492 e. The van der Waals surface area contributed by atoms with Crippen LogP contribution in [0.1, 0.15) is 0 Å². The third-order valence-corrected chi connectivity index (χ3v) is 2.83. The van der Waals surface area contributed by atoms with E-state index in [1.165, 1.54) is 12.1 Å². The van der Waals surface area contributed by atoms with E-state index < -0.39 is 0 Å². The molecule has 0 radical (unpaired) electrons. The van der Waals surface area contributed by atoms with Crippen molar-refractivity contribution in [2.45, 2.75) is 0 Å². The minimum Gasteiger partial charge on any atom is -0.492 e. The number of likely N-dealkylation sites (N-methyl/N-ethyl adjacent to an activating group) is 1. The SMILES string of the molecule is CN(CCOc1cccc(F)c1)c1ccc(N)cc1. The van der Waals surface area contributed by atoms with Gasteiger partial charge in [-0.15, -0.1) is 0 Å². The maximum Gasteiger partial charge on any atom is 0.126 e. The number of halogens is 1. The van der Waals surface area contributed by atoms with Gasteiger partial charge in [-0.25, -0.2) is 4.39 Å². The Morgan fingerprint density at radius 1 is 1.16 bits per heavy atom. The van der Waals surface area contributed by atoms with Gasteiger partial charge in [0.25, 0.3) is 0 Å². The predicted octanol–water partition coefficient (Wildman–Crippen LogP) is 2.92. The van der Waals surface area contributed by atoms with E-state index >= 15 is 0 Å². The van der Waals surface area contributed by atoms with Crippen LogP contribution in [-0.2, 0) is 0 Å². The van der Waals surface area contributed by atoms with Crippen molar-refractivity contribution in [1.29, 1.82) is 0 Å². The van der Waals surface area contributed by atoms with Gasteiger partial charge in [-0.3, -0.25) is 0 Å². The van der Waals surface area contributed by atoms with Crippen LogP contribution in [0.25, 0.3) is 0 Å². The van der Waals surface area contributed by atoms with E-state index in [4.69, 9.17) is 10.5 Å². The zero-order valence-electron chi connectivity index (χ0n) is 10.8. The second-order valence-electron chi connectivity index (χ2n) is 4.32. The lowest BCUT2D eigenvalue weighted by Crippen LogP contribution is -2.23. The van der Waals surface area contributed by atoms with Crippen LogP contribution in [0.2, 0.25) is 0 Å². The Morgan fingerprint density at radius 2 is 1.89 bits per heavy atom. The molecule has 100 valence electrons. The number of nitrogens with zero attached hydrogens (tertiary/aromatic N) is 1. The molecular weight excluding hydrogens is 243 g/mol. The summed E-state index contributed by atoms with van der Waals surface area (Å²) in [4.78, 5) is 2.05. The number of hydrogen-bond donors (Lipinski definition) is 1. The van der Waals surface area contributed by atoms with Gasteiger partial charge >= 0.3 is 0 Å². The summed E-state index contributed by atoms with van der Waals surface area (Å²) in [5.41, 5.74) is 7.45. The number of benzene rings is 2. The van der Waals surface area contributed by atoms with Crippen molar-refractivity contribution in [3.8, 4) is 5.75 Å². The molecule has 2 aromatic rings. The summed E-state index contributed by atoms with van der Waals surface area (Å²) in [6.45, 7) is 1.20. The molecular formula is C15H17FN2O. The van der Waals surface area contributed by atoms with E-state index in [0.717, 1.165) is 11.4 Å². The van der Waals surface area contributed by atoms with Crippen LogP contribution in [0.15, 0.2) is 48.5 Å². The van der Waals surface area contributed by atoms with Gasteiger partial charge in [0.2, 0.25) is 0 Å². The molecule has 0 atom stereocenters. The highest BCUT2D eigenvalue weighted by atomic mass is 19.1. The van der Waals surface area contributed by atoms with Crippen molar-refractivity contribution in [3.05, 3.63) is 54.3 Å². The number of nitrogens with two attached hydrogens (primary N) is 1. The lowest BCUT2D eigenvalue weighted by Gasteiger charge is -2.19. The zero-order chi connectivity index (χ0) is 13.7. The van der Waals surface area contributed by atoms with Gasteiger partial charge in [0, 0.05) is 24.5 Å². The minimum absolute atomic E-state index is 0.288. The molecule has 0 saturated carbocycles. The van der Waals surface area contributed by atoms with E-state index in [1.807, 2.05) is 31.3 Å². The standard InChI is InChI=1S/C15H17FN2O/c1-18(14-7-5-13(17)6-8-14)9-10-19-15-4-2-3-12(16)11-15/h2-8,11H,9-10,17H2,1H3. The Morgan fingerprint density at radius 3 is 2.58 bits per heavy atom. The summed E-state index contributed by atoms with van der Waals surface area (Å²) < 4.78 is 18.4. The first-order valence-corrected chi connectivity index (χ1v) is 6.10. The van der Waals surface area contributed by atoms with E-state index in [-0.39, 0.29) is 5.82 Å². The highest BCUT2D eigenvalue weighted by Gasteiger charge is 2.01. The quantitative estimate of drug-likeness (QED) is 0.840. The molecule has 0 heterocycles. The molecule has 2 N–H and O–H groups in total. The molecule has 0 aliphatic carbocycles. The fourth-order valence-electron chi connectivity index (χ4n) is 1.72. The number of ether oxygens (including phenoxy) is 1. The van der Waals surface area contributed by atoms with Crippen LogP contribution >= 0.6 is 0 Å². The van der Waals surface area contributed by atoms with Crippen LogP contribution in [-0.4, -0.2) is 20.2 Å².